The van der Waals surface area contributed by atoms with Crippen LogP contribution in [-0.4, -0.2) is 24.2 Å². The standard InChI is InChI=1S/C12H13BrN2O2/c1-7-11(15-12(13)14-7)8-4-9(16-2)6-10(5-8)17-3/h4-6H,1-3H3,(H,14,15). The first-order chi connectivity index (χ1) is 8.13. The van der Waals surface area contributed by atoms with E-state index in [1.54, 1.807) is 14.2 Å². The van der Waals surface area contributed by atoms with Gasteiger partial charge in [0, 0.05) is 17.3 Å². The zero-order valence-corrected chi connectivity index (χ0v) is 11.5. The number of hydrogen-bond acceptors (Lipinski definition) is 3. The maximum atomic E-state index is 5.24. The van der Waals surface area contributed by atoms with E-state index in [1.807, 2.05) is 25.1 Å². The van der Waals surface area contributed by atoms with E-state index in [1.165, 1.54) is 0 Å². The highest BCUT2D eigenvalue weighted by Gasteiger charge is 2.10. The van der Waals surface area contributed by atoms with Gasteiger partial charge in [-0.15, -0.1) is 0 Å². The summed E-state index contributed by atoms with van der Waals surface area (Å²) in [5.74, 6) is 1.50. The molecule has 0 radical (unpaired) electrons. The maximum Gasteiger partial charge on any atom is 0.175 e. The van der Waals surface area contributed by atoms with E-state index in [9.17, 15) is 0 Å². The van der Waals surface area contributed by atoms with Crippen LogP contribution in [-0.2, 0) is 0 Å². The number of ether oxygens (including phenoxy) is 2. The second-order valence-corrected chi connectivity index (χ2v) is 4.35. The Bertz CT molecular complexity index is 515. The molecule has 5 heteroatoms. The van der Waals surface area contributed by atoms with Crippen molar-refractivity contribution in [3.05, 3.63) is 28.6 Å². The van der Waals surface area contributed by atoms with E-state index in [-0.39, 0.29) is 0 Å². The van der Waals surface area contributed by atoms with Crippen LogP contribution in [0, 0.1) is 6.92 Å². The van der Waals surface area contributed by atoms with Gasteiger partial charge in [-0.25, -0.2) is 4.98 Å². The van der Waals surface area contributed by atoms with Crippen molar-refractivity contribution in [1.82, 2.24) is 9.97 Å². The number of imidazole rings is 1. The third-order valence-electron chi connectivity index (χ3n) is 2.48. The van der Waals surface area contributed by atoms with Gasteiger partial charge in [-0.2, -0.15) is 0 Å². The number of nitrogens with zero attached hydrogens (tertiary/aromatic N) is 1. The summed E-state index contributed by atoms with van der Waals surface area (Å²) in [6.07, 6.45) is 0. The number of hydrogen-bond donors (Lipinski definition) is 1. The summed E-state index contributed by atoms with van der Waals surface area (Å²) in [5.41, 5.74) is 2.84. The van der Waals surface area contributed by atoms with Crippen molar-refractivity contribution in [2.75, 3.05) is 14.2 Å². The number of rotatable bonds is 3. The van der Waals surface area contributed by atoms with Crippen molar-refractivity contribution >= 4 is 15.9 Å². The van der Waals surface area contributed by atoms with Crippen LogP contribution in [0.4, 0.5) is 0 Å². The van der Waals surface area contributed by atoms with Gasteiger partial charge in [0.15, 0.2) is 4.73 Å². The third-order valence-corrected chi connectivity index (χ3v) is 2.86. The number of aromatic amines is 1. The lowest BCUT2D eigenvalue weighted by molar-refractivity contribution is 0.394. The van der Waals surface area contributed by atoms with Crippen LogP contribution in [0.25, 0.3) is 11.3 Å². The summed E-state index contributed by atoms with van der Waals surface area (Å²) in [7, 11) is 3.26. The molecule has 0 saturated heterocycles. The number of methoxy groups -OCH3 is 2. The molecule has 4 nitrogen and oxygen atoms in total. The molecule has 0 spiro atoms. The molecule has 17 heavy (non-hydrogen) atoms. The smallest absolute Gasteiger partial charge is 0.175 e. The van der Waals surface area contributed by atoms with Crippen LogP contribution < -0.4 is 9.47 Å². The highest BCUT2D eigenvalue weighted by atomic mass is 79.9. The topological polar surface area (TPSA) is 47.1 Å². The average molecular weight is 297 g/mol. The predicted octanol–water partition coefficient (Wildman–Crippen LogP) is 3.16. The summed E-state index contributed by atoms with van der Waals surface area (Å²) >= 11 is 3.32. The molecule has 1 aromatic heterocycles. The van der Waals surface area contributed by atoms with Crippen molar-refractivity contribution < 1.29 is 9.47 Å². The zero-order valence-electron chi connectivity index (χ0n) is 9.87. The van der Waals surface area contributed by atoms with E-state index in [0.29, 0.717) is 4.73 Å². The Hall–Kier alpha value is -1.49. The Morgan fingerprint density at radius 3 is 2.12 bits per heavy atom. The molecule has 0 bridgehead atoms. The van der Waals surface area contributed by atoms with E-state index in [0.717, 1.165) is 28.5 Å². The quantitative estimate of drug-likeness (QED) is 0.946. The molecule has 1 heterocycles. The lowest BCUT2D eigenvalue weighted by Gasteiger charge is -2.07. The minimum absolute atomic E-state index is 0.715. The molecule has 2 aromatic rings. The zero-order chi connectivity index (χ0) is 12.4. The molecule has 90 valence electrons. The Morgan fingerprint density at radius 2 is 1.71 bits per heavy atom. The summed E-state index contributed by atoms with van der Waals surface area (Å²) in [6, 6.07) is 5.69. The summed E-state index contributed by atoms with van der Waals surface area (Å²) in [6.45, 7) is 1.97. The van der Waals surface area contributed by atoms with Crippen molar-refractivity contribution in [3.63, 3.8) is 0 Å². The van der Waals surface area contributed by atoms with Gasteiger partial charge in [-0.3, -0.25) is 0 Å². The predicted molar refractivity (Wildman–Crippen MR) is 69.6 cm³/mol. The Morgan fingerprint density at radius 1 is 1.12 bits per heavy atom. The molecule has 0 aliphatic carbocycles. The highest BCUT2D eigenvalue weighted by Crippen LogP contribution is 2.30. The molecular formula is C12H13BrN2O2. The van der Waals surface area contributed by atoms with Gasteiger partial charge in [-0.05, 0) is 35.0 Å². The number of H-pyrrole nitrogens is 1. The van der Waals surface area contributed by atoms with E-state index in [2.05, 4.69) is 25.9 Å². The average Bonchev–Trinajstić information content (AvgIpc) is 2.67. The van der Waals surface area contributed by atoms with Crippen molar-refractivity contribution in [3.8, 4) is 22.8 Å². The SMILES string of the molecule is COc1cc(OC)cc(-c2nc(Br)[nH]c2C)c1. The molecule has 0 atom stereocenters. The molecule has 0 aliphatic rings. The molecule has 1 aromatic carbocycles. The molecule has 0 aliphatic heterocycles. The fraction of sp³-hybridized carbons (Fsp3) is 0.250. The second kappa shape index (κ2) is 4.79. The molecule has 0 fully saturated rings. The summed E-state index contributed by atoms with van der Waals surface area (Å²) in [5, 5.41) is 0. The first-order valence-corrected chi connectivity index (χ1v) is 5.89. The lowest BCUT2D eigenvalue weighted by atomic mass is 10.1. The first-order valence-electron chi connectivity index (χ1n) is 5.09. The van der Waals surface area contributed by atoms with Crippen LogP contribution in [0.3, 0.4) is 0 Å². The Kier molecular flexibility index (Phi) is 3.38. The van der Waals surface area contributed by atoms with Crippen LogP contribution in [0.1, 0.15) is 5.69 Å². The minimum atomic E-state index is 0.715. The van der Waals surface area contributed by atoms with Crippen LogP contribution >= 0.6 is 15.9 Å². The van der Waals surface area contributed by atoms with Crippen molar-refractivity contribution in [2.45, 2.75) is 6.92 Å². The largest absolute Gasteiger partial charge is 0.497 e. The fourth-order valence-corrected chi connectivity index (χ4v) is 2.12. The van der Waals surface area contributed by atoms with Crippen LogP contribution in [0.15, 0.2) is 22.9 Å². The van der Waals surface area contributed by atoms with Gasteiger partial charge in [0.05, 0.1) is 19.9 Å². The highest BCUT2D eigenvalue weighted by molar-refractivity contribution is 9.10. The van der Waals surface area contributed by atoms with E-state index >= 15 is 0 Å². The number of aromatic nitrogens is 2. The van der Waals surface area contributed by atoms with Gasteiger partial charge in [0.1, 0.15) is 11.5 Å². The molecule has 2 rings (SSSR count). The number of benzene rings is 1. The third kappa shape index (κ3) is 2.44. The Labute approximate surface area is 108 Å². The van der Waals surface area contributed by atoms with Gasteiger partial charge in [0.25, 0.3) is 0 Å². The summed E-state index contributed by atoms with van der Waals surface area (Å²) < 4.78 is 11.2. The van der Waals surface area contributed by atoms with E-state index < -0.39 is 0 Å². The minimum Gasteiger partial charge on any atom is -0.497 e. The van der Waals surface area contributed by atoms with Gasteiger partial charge >= 0.3 is 0 Å². The number of nitrogens with one attached hydrogen (secondary N) is 1. The molecule has 1 N–H and O–H groups in total. The van der Waals surface area contributed by atoms with Crippen LogP contribution in [0.2, 0.25) is 0 Å². The van der Waals surface area contributed by atoms with Gasteiger partial charge in [-0.1, -0.05) is 0 Å². The Balaban J connectivity index is 2.54. The maximum absolute atomic E-state index is 5.24. The molecule has 0 amide bonds. The molecule has 0 saturated carbocycles. The second-order valence-electron chi connectivity index (χ2n) is 3.60. The monoisotopic (exact) mass is 296 g/mol. The van der Waals surface area contributed by atoms with Crippen LogP contribution in [0.5, 0.6) is 11.5 Å². The lowest BCUT2D eigenvalue weighted by Crippen LogP contribution is -1.89. The van der Waals surface area contributed by atoms with Crippen molar-refractivity contribution in [1.29, 1.82) is 0 Å². The molecular weight excluding hydrogens is 284 g/mol. The van der Waals surface area contributed by atoms with Gasteiger partial charge in [0.2, 0.25) is 0 Å². The molecule has 0 unspecified atom stereocenters. The van der Waals surface area contributed by atoms with E-state index in [4.69, 9.17) is 9.47 Å². The van der Waals surface area contributed by atoms with Crippen molar-refractivity contribution in [2.24, 2.45) is 0 Å². The number of aryl methyl sites for hydroxylation is 1. The van der Waals surface area contributed by atoms with Gasteiger partial charge < -0.3 is 14.5 Å². The normalized spacial score (nSPS) is 10.4. The summed E-state index contributed by atoms with van der Waals surface area (Å²) in [4.78, 5) is 7.49. The number of halogens is 1. The first kappa shape index (κ1) is 12.0. The fourth-order valence-electron chi connectivity index (χ4n) is 1.65.